The Labute approximate surface area is 377 Å². The third-order valence-corrected chi connectivity index (χ3v) is 11.4. The van der Waals surface area contributed by atoms with E-state index in [-0.39, 0.29) is 16.5 Å². The van der Waals surface area contributed by atoms with E-state index in [2.05, 4.69) is 102 Å². The summed E-state index contributed by atoms with van der Waals surface area (Å²) < 4.78 is 0. The molecule has 0 heterocycles. The number of unbranched alkanes of at least 4 members (excludes halogenated alkanes) is 22. The second kappa shape index (κ2) is 38.5. The van der Waals surface area contributed by atoms with Crippen LogP contribution in [-0.4, -0.2) is 11.4 Å². The fraction of sp³-hybridized carbons (Fsp3) is 0.679. The monoisotopic (exact) mass is 849 g/mol. The van der Waals surface area contributed by atoms with Crippen molar-refractivity contribution in [2.75, 3.05) is 0 Å². The molecule has 2 aromatic carbocycles. The van der Waals surface area contributed by atoms with Gasteiger partial charge in [0, 0.05) is 22.9 Å². The van der Waals surface area contributed by atoms with E-state index in [9.17, 15) is 0 Å². The third kappa shape index (κ3) is 27.9. The SMILES string of the molecule is CCCCCCC=CC(=Nc1cc(CCCCC)cc(CCCCC)c1)C(C#CCCCCCCCCCCCC)=Nc1cc(CCCCC)cc(CCCCC)c1.[Ni]. The van der Waals surface area contributed by atoms with Crippen molar-refractivity contribution in [1.29, 1.82) is 0 Å². The number of allylic oxidation sites excluding steroid dienone is 2. The van der Waals surface area contributed by atoms with Crippen molar-refractivity contribution >= 4 is 22.8 Å². The van der Waals surface area contributed by atoms with Crippen LogP contribution in [0.2, 0.25) is 0 Å². The second-order valence-electron chi connectivity index (χ2n) is 17.3. The Bertz CT molecular complexity index is 1410. The van der Waals surface area contributed by atoms with Gasteiger partial charge in [-0.05, 0) is 129 Å². The van der Waals surface area contributed by atoms with E-state index in [1.54, 1.807) is 0 Å². The molecule has 0 aliphatic rings. The van der Waals surface area contributed by atoms with Gasteiger partial charge in [0.2, 0.25) is 0 Å². The van der Waals surface area contributed by atoms with Crippen molar-refractivity contribution in [2.45, 2.75) is 247 Å². The molecular formula is C56H90N2Ni. The Morgan fingerprint density at radius 1 is 0.424 bits per heavy atom. The molecule has 0 N–H and O–H groups in total. The largest absolute Gasteiger partial charge is 0.246 e. The first-order valence-corrected chi connectivity index (χ1v) is 25.1. The number of nitrogens with zero attached hydrogens (tertiary/aromatic N) is 2. The molecule has 0 fully saturated rings. The molecule has 0 aromatic heterocycles. The quantitative estimate of drug-likeness (QED) is 0.0286. The molecule has 59 heavy (non-hydrogen) atoms. The van der Waals surface area contributed by atoms with E-state index in [1.807, 2.05) is 0 Å². The van der Waals surface area contributed by atoms with Crippen LogP contribution in [0.4, 0.5) is 11.4 Å². The molecule has 0 unspecified atom stereocenters. The Kier molecular flexibility index (Phi) is 35.6. The minimum atomic E-state index is 0. The van der Waals surface area contributed by atoms with Gasteiger partial charge in [-0.25, -0.2) is 9.98 Å². The van der Waals surface area contributed by atoms with Crippen LogP contribution in [0.3, 0.4) is 0 Å². The molecule has 0 bridgehead atoms. The average molecular weight is 850 g/mol. The van der Waals surface area contributed by atoms with Crippen molar-refractivity contribution in [3.63, 3.8) is 0 Å². The van der Waals surface area contributed by atoms with Gasteiger partial charge in [0.1, 0.15) is 5.71 Å². The maximum Gasteiger partial charge on any atom is 0.139 e. The first-order chi connectivity index (χ1) is 28.6. The molecule has 2 nitrogen and oxygen atoms in total. The molecule has 0 saturated carbocycles. The van der Waals surface area contributed by atoms with Crippen molar-refractivity contribution < 1.29 is 16.5 Å². The first-order valence-electron chi connectivity index (χ1n) is 25.1. The van der Waals surface area contributed by atoms with Crippen LogP contribution in [0.15, 0.2) is 58.5 Å². The van der Waals surface area contributed by atoms with Crippen molar-refractivity contribution in [3.8, 4) is 11.8 Å². The molecule has 2 aromatic rings. The van der Waals surface area contributed by atoms with Crippen molar-refractivity contribution in [1.82, 2.24) is 0 Å². The summed E-state index contributed by atoms with van der Waals surface area (Å²) in [6.07, 6.45) is 44.5. The molecule has 0 spiro atoms. The van der Waals surface area contributed by atoms with Gasteiger partial charge < -0.3 is 0 Å². The van der Waals surface area contributed by atoms with E-state index >= 15 is 0 Å². The minimum Gasteiger partial charge on any atom is -0.246 e. The van der Waals surface area contributed by atoms with Gasteiger partial charge >= 0.3 is 0 Å². The van der Waals surface area contributed by atoms with Crippen LogP contribution in [0, 0.1) is 11.8 Å². The predicted molar refractivity (Wildman–Crippen MR) is 262 cm³/mol. The summed E-state index contributed by atoms with van der Waals surface area (Å²) in [5, 5.41) is 0. The minimum absolute atomic E-state index is 0. The maximum absolute atomic E-state index is 5.51. The number of rotatable bonds is 35. The molecule has 0 amide bonds. The summed E-state index contributed by atoms with van der Waals surface area (Å²) >= 11 is 0. The van der Waals surface area contributed by atoms with Crippen LogP contribution in [0.25, 0.3) is 0 Å². The van der Waals surface area contributed by atoms with Gasteiger partial charge in [-0.15, -0.1) is 0 Å². The van der Waals surface area contributed by atoms with E-state index in [0.717, 1.165) is 67.7 Å². The predicted octanol–water partition coefficient (Wildman–Crippen LogP) is 18.3. The Balaban J connectivity index is 0.0000174. The normalized spacial score (nSPS) is 11.9. The summed E-state index contributed by atoms with van der Waals surface area (Å²) in [7, 11) is 0. The van der Waals surface area contributed by atoms with E-state index in [4.69, 9.17) is 9.98 Å². The zero-order valence-corrected chi connectivity index (χ0v) is 40.4. The topological polar surface area (TPSA) is 24.7 Å². The molecule has 334 valence electrons. The molecule has 0 aliphatic carbocycles. The van der Waals surface area contributed by atoms with E-state index in [0.29, 0.717) is 0 Å². The third-order valence-electron chi connectivity index (χ3n) is 11.4. The molecule has 0 saturated heterocycles. The van der Waals surface area contributed by atoms with Crippen LogP contribution in [-0.2, 0) is 42.2 Å². The summed E-state index contributed by atoms with van der Waals surface area (Å²) in [6.45, 7) is 13.8. The van der Waals surface area contributed by atoms with Gasteiger partial charge in [-0.3, -0.25) is 0 Å². The molecule has 0 atom stereocenters. The zero-order valence-electron chi connectivity index (χ0n) is 39.5. The summed E-state index contributed by atoms with van der Waals surface area (Å²) in [5.41, 5.74) is 9.52. The molecular weight excluding hydrogens is 759 g/mol. The fourth-order valence-electron chi connectivity index (χ4n) is 7.83. The van der Waals surface area contributed by atoms with Crippen LogP contribution in [0.5, 0.6) is 0 Å². The van der Waals surface area contributed by atoms with Gasteiger partial charge in [-0.2, -0.15) is 0 Å². The van der Waals surface area contributed by atoms with Crippen molar-refractivity contribution in [3.05, 3.63) is 70.8 Å². The van der Waals surface area contributed by atoms with Gasteiger partial charge in [0.05, 0.1) is 17.1 Å². The Morgan fingerprint density at radius 2 is 0.780 bits per heavy atom. The zero-order chi connectivity index (χ0) is 41.7. The molecule has 0 aliphatic heterocycles. The summed E-state index contributed by atoms with van der Waals surface area (Å²) in [6, 6.07) is 14.3. The molecule has 2 rings (SSSR count). The van der Waals surface area contributed by atoms with Gasteiger partial charge in [0.15, 0.2) is 0 Å². The van der Waals surface area contributed by atoms with Crippen LogP contribution >= 0.6 is 0 Å². The molecule has 3 heteroatoms. The van der Waals surface area contributed by atoms with Gasteiger partial charge in [-0.1, -0.05) is 194 Å². The number of aliphatic imine (C=N–C) groups is 2. The maximum atomic E-state index is 5.51. The first kappa shape index (κ1) is 54.6. The average Bonchev–Trinajstić information content (AvgIpc) is 3.22. The Hall–Kier alpha value is -2.43. The van der Waals surface area contributed by atoms with E-state index < -0.39 is 0 Å². The smallest absolute Gasteiger partial charge is 0.139 e. The standard InChI is InChI=1S/C56H90N2.Ni/c1-7-13-19-21-23-24-25-26-27-28-30-36-42-56(58-54-47-51(39-33-17-11-5)44-52(48-54)40-34-18-12-6)55(41-35-29-22-20-14-8-2)57-53-45-49(37-31-15-9-3)43-50(46-53)38-32-16-10-4;/h35,41,43-48H,7-34,37-40H2,1-6H3;. The van der Waals surface area contributed by atoms with Crippen LogP contribution in [0.1, 0.15) is 244 Å². The summed E-state index contributed by atoms with van der Waals surface area (Å²) in [4.78, 5) is 11.0. The Morgan fingerprint density at radius 3 is 1.20 bits per heavy atom. The van der Waals surface area contributed by atoms with Crippen LogP contribution < -0.4 is 0 Å². The second-order valence-corrected chi connectivity index (χ2v) is 17.3. The fourth-order valence-corrected chi connectivity index (χ4v) is 7.83. The number of aryl methyl sites for hydroxylation is 4. The number of benzene rings is 2. The number of hydrogen-bond acceptors (Lipinski definition) is 2. The van der Waals surface area contributed by atoms with Crippen molar-refractivity contribution in [2.24, 2.45) is 9.98 Å². The molecule has 0 radical (unpaired) electrons. The van der Waals surface area contributed by atoms with Gasteiger partial charge in [0.25, 0.3) is 0 Å². The van der Waals surface area contributed by atoms with E-state index in [1.165, 1.54) is 183 Å². The summed E-state index contributed by atoms with van der Waals surface area (Å²) in [5.74, 6) is 7.28. The number of hydrogen-bond donors (Lipinski definition) is 0.